The Balaban J connectivity index is 1.44. The Morgan fingerprint density at radius 2 is 2.17 bits per heavy atom. The van der Waals surface area contributed by atoms with Gasteiger partial charge >= 0.3 is 0 Å². The number of aryl methyl sites for hydroxylation is 1. The second kappa shape index (κ2) is 8.49. The fourth-order valence-electron chi connectivity index (χ4n) is 3.52. The van der Waals surface area contributed by atoms with E-state index in [1.807, 2.05) is 36.4 Å². The normalized spacial score (nSPS) is 13.5. The number of carbonyl (C=O) groups is 1. The van der Waals surface area contributed by atoms with Gasteiger partial charge in [-0.25, -0.2) is 10.4 Å². The minimum Gasteiger partial charge on any atom is -0.497 e. The quantitative estimate of drug-likeness (QED) is 0.396. The van der Waals surface area contributed by atoms with Crippen molar-refractivity contribution in [2.75, 3.05) is 25.1 Å². The number of fused-ring (bicyclic) bond motifs is 2. The number of nitrogens with zero attached hydrogens (tertiary/aromatic N) is 3. The molecule has 1 aliphatic rings. The van der Waals surface area contributed by atoms with Crippen LogP contribution in [0.3, 0.4) is 0 Å². The number of benzene rings is 2. The SMILES string of the molecule is COc1ccc2nc(Cl)c(/C=N\NC(=O)CN3CCCc4ccccc43)cc2c1. The predicted molar refractivity (Wildman–Crippen MR) is 116 cm³/mol. The summed E-state index contributed by atoms with van der Waals surface area (Å²) in [5.74, 6) is 0.559. The zero-order valence-electron chi connectivity index (χ0n) is 16.1. The Kier molecular flexibility index (Phi) is 5.62. The Bertz CT molecular complexity index is 1080. The van der Waals surface area contributed by atoms with Crippen LogP contribution in [-0.2, 0) is 11.2 Å². The molecule has 0 bridgehead atoms. The minimum absolute atomic E-state index is 0.176. The number of ether oxygens (including phenoxy) is 1. The molecule has 0 saturated carbocycles. The maximum Gasteiger partial charge on any atom is 0.259 e. The second-order valence-corrected chi connectivity index (χ2v) is 7.23. The van der Waals surface area contributed by atoms with E-state index in [1.54, 1.807) is 7.11 Å². The summed E-state index contributed by atoms with van der Waals surface area (Å²) in [6.07, 6.45) is 3.59. The van der Waals surface area contributed by atoms with E-state index in [-0.39, 0.29) is 12.5 Å². The number of halogens is 1. The van der Waals surface area contributed by atoms with Crippen LogP contribution >= 0.6 is 11.6 Å². The first-order valence-corrected chi connectivity index (χ1v) is 9.81. The van der Waals surface area contributed by atoms with E-state index in [4.69, 9.17) is 16.3 Å². The Morgan fingerprint density at radius 1 is 1.31 bits per heavy atom. The highest BCUT2D eigenvalue weighted by molar-refractivity contribution is 6.32. The third-order valence-electron chi connectivity index (χ3n) is 4.94. The summed E-state index contributed by atoms with van der Waals surface area (Å²) in [4.78, 5) is 18.8. The number of hydrazone groups is 1. The van der Waals surface area contributed by atoms with Crippen molar-refractivity contribution < 1.29 is 9.53 Å². The zero-order chi connectivity index (χ0) is 20.2. The number of para-hydroxylation sites is 1. The van der Waals surface area contributed by atoms with Crippen LogP contribution < -0.4 is 15.1 Å². The number of amides is 1. The second-order valence-electron chi connectivity index (χ2n) is 6.87. The number of aromatic nitrogens is 1. The Hall–Kier alpha value is -3.12. The van der Waals surface area contributed by atoms with Crippen LogP contribution in [0.2, 0.25) is 5.15 Å². The van der Waals surface area contributed by atoms with Crippen molar-refractivity contribution in [1.82, 2.24) is 10.4 Å². The lowest BCUT2D eigenvalue weighted by atomic mass is 10.0. The molecule has 1 N–H and O–H groups in total. The van der Waals surface area contributed by atoms with Gasteiger partial charge < -0.3 is 9.64 Å². The van der Waals surface area contributed by atoms with Crippen molar-refractivity contribution >= 4 is 40.3 Å². The Morgan fingerprint density at radius 3 is 3.03 bits per heavy atom. The summed E-state index contributed by atoms with van der Waals surface area (Å²) < 4.78 is 5.25. The molecule has 1 amide bonds. The van der Waals surface area contributed by atoms with E-state index in [9.17, 15) is 4.79 Å². The van der Waals surface area contributed by atoms with E-state index >= 15 is 0 Å². The fraction of sp³-hybridized carbons (Fsp3) is 0.227. The summed E-state index contributed by atoms with van der Waals surface area (Å²) in [5, 5.41) is 5.27. The molecule has 0 spiro atoms. The topological polar surface area (TPSA) is 66.8 Å². The maximum atomic E-state index is 12.4. The van der Waals surface area contributed by atoms with Gasteiger partial charge in [-0.2, -0.15) is 5.10 Å². The third kappa shape index (κ3) is 4.32. The molecule has 0 saturated heterocycles. The average Bonchev–Trinajstić information content (AvgIpc) is 2.74. The lowest BCUT2D eigenvalue weighted by molar-refractivity contribution is -0.119. The van der Waals surface area contributed by atoms with Crippen LogP contribution in [0, 0.1) is 0 Å². The zero-order valence-corrected chi connectivity index (χ0v) is 16.8. The van der Waals surface area contributed by atoms with Crippen molar-refractivity contribution in [3.63, 3.8) is 0 Å². The van der Waals surface area contributed by atoms with Gasteiger partial charge in [-0.1, -0.05) is 29.8 Å². The molecule has 1 aliphatic heterocycles. The van der Waals surface area contributed by atoms with Crippen LogP contribution in [0.25, 0.3) is 10.9 Å². The summed E-state index contributed by atoms with van der Waals surface area (Å²) in [5.41, 5.74) is 6.37. The monoisotopic (exact) mass is 408 g/mol. The molecule has 2 heterocycles. The molecular weight excluding hydrogens is 388 g/mol. The van der Waals surface area contributed by atoms with Crippen molar-refractivity contribution in [2.24, 2.45) is 5.10 Å². The van der Waals surface area contributed by atoms with Crippen LogP contribution in [0.15, 0.2) is 53.6 Å². The molecule has 6 nitrogen and oxygen atoms in total. The van der Waals surface area contributed by atoms with Gasteiger partial charge in [0.1, 0.15) is 10.9 Å². The number of anilines is 1. The molecule has 0 aliphatic carbocycles. The van der Waals surface area contributed by atoms with Crippen molar-refractivity contribution in [2.45, 2.75) is 12.8 Å². The van der Waals surface area contributed by atoms with Gasteiger partial charge in [0.05, 0.1) is 25.4 Å². The molecule has 7 heteroatoms. The molecule has 2 aromatic carbocycles. The van der Waals surface area contributed by atoms with E-state index in [2.05, 4.69) is 32.5 Å². The number of hydrogen-bond acceptors (Lipinski definition) is 5. The average molecular weight is 409 g/mol. The highest BCUT2D eigenvalue weighted by Gasteiger charge is 2.18. The van der Waals surface area contributed by atoms with Crippen molar-refractivity contribution in [3.8, 4) is 5.75 Å². The molecule has 148 valence electrons. The first-order chi connectivity index (χ1) is 14.1. The van der Waals surface area contributed by atoms with E-state index in [0.717, 1.165) is 41.7 Å². The molecule has 29 heavy (non-hydrogen) atoms. The summed E-state index contributed by atoms with van der Waals surface area (Å²) in [6.45, 7) is 1.12. The van der Waals surface area contributed by atoms with Crippen molar-refractivity contribution in [3.05, 3.63) is 64.8 Å². The predicted octanol–water partition coefficient (Wildman–Crippen LogP) is 3.80. The lowest BCUT2D eigenvalue weighted by Crippen LogP contribution is -2.38. The first kappa shape index (κ1) is 19.2. The molecule has 0 radical (unpaired) electrons. The summed E-state index contributed by atoms with van der Waals surface area (Å²) in [6, 6.07) is 15.6. The van der Waals surface area contributed by atoms with Crippen LogP contribution in [0.1, 0.15) is 17.5 Å². The fourth-order valence-corrected chi connectivity index (χ4v) is 3.72. The standard InChI is InChI=1S/C22H21ClN4O2/c1-29-18-8-9-19-16(12-18)11-17(22(23)25-19)13-24-26-21(28)14-27-10-4-6-15-5-2-3-7-20(15)27/h2-3,5,7-9,11-13H,4,6,10,14H2,1H3,(H,26,28)/b24-13-. The largest absolute Gasteiger partial charge is 0.497 e. The molecule has 4 rings (SSSR count). The van der Waals surface area contributed by atoms with Crippen LogP contribution in [0.5, 0.6) is 5.75 Å². The number of pyridine rings is 1. The molecule has 0 atom stereocenters. The lowest BCUT2D eigenvalue weighted by Gasteiger charge is -2.30. The van der Waals surface area contributed by atoms with Gasteiger partial charge in [0.25, 0.3) is 5.91 Å². The van der Waals surface area contributed by atoms with Gasteiger partial charge in [-0.05, 0) is 48.7 Å². The highest BCUT2D eigenvalue weighted by Crippen LogP contribution is 2.26. The molecular formula is C22H21ClN4O2. The maximum absolute atomic E-state index is 12.4. The van der Waals surface area contributed by atoms with Crippen LogP contribution in [0.4, 0.5) is 5.69 Å². The third-order valence-corrected chi connectivity index (χ3v) is 5.24. The van der Waals surface area contributed by atoms with E-state index in [0.29, 0.717) is 10.7 Å². The van der Waals surface area contributed by atoms with E-state index in [1.165, 1.54) is 11.8 Å². The molecule has 0 fully saturated rings. The molecule has 0 unspecified atom stereocenters. The number of carbonyl (C=O) groups excluding carboxylic acids is 1. The number of nitrogens with one attached hydrogen (secondary N) is 1. The van der Waals surface area contributed by atoms with Crippen LogP contribution in [-0.4, -0.2) is 37.3 Å². The minimum atomic E-state index is -0.176. The smallest absolute Gasteiger partial charge is 0.259 e. The van der Waals surface area contributed by atoms with Gasteiger partial charge in [-0.3, -0.25) is 4.79 Å². The molecule has 3 aromatic rings. The first-order valence-electron chi connectivity index (χ1n) is 9.43. The number of methoxy groups -OCH3 is 1. The number of hydrogen-bond donors (Lipinski definition) is 1. The van der Waals surface area contributed by atoms with Gasteiger partial charge in [-0.15, -0.1) is 0 Å². The van der Waals surface area contributed by atoms with Gasteiger partial charge in [0.15, 0.2) is 0 Å². The van der Waals surface area contributed by atoms with Gasteiger partial charge in [0.2, 0.25) is 0 Å². The van der Waals surface area contributed by atoms with Crippen molar-refractivity contribution in [1.29, 1.82) is 0 Å². The molecule has 1 aromatic heterocycles. The number of rotatable bonds is 5. The summed E-state index contributed by atoms with van der Waals surface area (Å²) >= 11 is 6.25. The van der Waals surface area contributed by atoms with E-state index < -0.39 is 0 Å². The summed E-state index contributed by atoms with van der Waals surface area (Å²) in [7, 11) is 1.61. The highest BCUT2D eigenvalue weighted by atomic mass is 35.5. The Labute approximate surface area is 174 Å². The van der Waals surface area contributed by atoms with Gasteiger partial charge in [0, 0.05) is 23.2 Å².